The predicted molar refractivity (Wildman–Crippen MR) is 132 cm³/mol. The summed E-state index contributed by atoms with van der Waals surface area (Å²) in [5.74, 6) is 0.361. The number of benzene rings is 2. The van der Waals surface area contributed by atoms with Crippen LogP contribution in [0.5, 0.6) is 0 Å². The molecule has 5 nitrogen and oxygen atoms in total. The minimum Gasteiger partial charge on any atom is -0.367 e. The maximum atomic E-state index is 12.6. The number of amides is 1. The zero-order valence-electron chi connectivity index (χ0n) is 19.5. The van der Waals surface area contributed by atoms with Gasteiger partial charge in [-0.2, -0.15) is 0 Å². The summed E-state index contributed by atoms with van der Waals surface area (Å²) in [6.45, 7) is 7.14. The van der Waals surface area contributed by atoms with E-state index in [0.29, 0.717) is 12.6 Å². The predicted octanol–water partition coefficient (Wildman–Crippen LogP) is 3.62. The molecule has 0 spiro atoms. The van der Waals surface area contributed by atoms with E-state index in [9.17, 15) is 4.79 Å². The van der Waals surface area contributed by atoms with Crippen molar-refractivity contribution in [1.29, 1.82) is 0 Å². The van der Waals surface area contributed by atoms with Crippen LogP contribution in [0.1, 0.15) is 31.2 Å². The normalized spacial score (nSPS) is 19.0. The summed E-state index contributed by atoms with van der Waals surface area (Å²) in [5, 5.41) is 3.13. The Hall–Kier alpha value is -2.37. The molecule has 2 aromatic carbocycles. The van der Waals surface area contributed by atoms with Crippen LogP contribution in [-0.2, 0) is 11.3 Å². The second-order valence-electron chi connectivity index (χ2n) is 9.38. The molecule has 0 aromatic heterocycles. The Morgan fingerprint density at radius 1 is 0.906 bits per heavy atom. The Bertz CT molecular complexity index is 812. The third kappa shape index (κ3) is 6.33. The van der Waals surface area contributed by atoms with Gasteiger partial charge in [-0.25, -0.2) is 0 Å². The van der Waals surface area contributed by atoms with Crippen LogP contribution in [0.15, 0.2) is 60.7 Å². The number of para-hydroxylation sites is 1. The maximum Gasteiger partial charge on any atom is 0.223 e. The second-order valence-corrected chi connectivity index (χ2v) is 9.38. The van der Waals surface area contributed by atoms with Crippen molar-refractivity contribution in [3.05, 3.63) is 66.2 Å². The highest BCUT2D eigenvalue weighted by Crippen LogP contribution is 2.24. The summed E-state index contributed by atoms with van der Waals surface area (Å²) in [6, 6.07) is 21.7. The van der Waals surface area contributed by atoms with Gasteiger partial charge in [0.1, 0.15) is 0 Å². The molecule has 0 atom stereocenters. The second kappa shape index (κ2) is 11.5. The van der Waals surface area contributed by atoms with Gasteiger partial charge in [0.2, 0.25) is 5.91 Å². The van der Waals surface area contributed by atoms with Crippen molar-refractivity contribution < 1.29 is 4.79 Å². The quantitative estimate of drug-likeness (QED) is 0.689. The summed E-state index contributed by atoms with van der Waals surface area (Å²) in [5.41, 5.74) is 2.51. The Balaban J connectivity index is 1.24. The number of hydrogen-bond acceptors (Lipinski definition) is 4. The zero-order chi connectivity index (χ0) is 22.2. The Morgan fingerprint density at radius 3 is 2.19 bits per heavy atom. The van der Waals surface area contributed by atoms with E-state index in [1.807, 2.05) is 18.2 Å². The van der Waals surface area contributed by atoms with Crippen molar-refractivity contribution in [2.24, 2.45) is 5.92 Å². The lowest BCUT2D eigenvalue weighted by molar-refractivity contribution is -0.126. The molecule has 0 radical (unpaired) electrons. The van der Waals surface area contributed by atoms with E-state index in [4.69, 9.17) is 0 Å². The first-order valence-corrected chi connectivity index (χ1v) is 12.2. The molecule has 1 N–H and O–H groups in total. The fraction of sp³-hybridized carbons (Fsp3) is 0.519. The van der Waals surface area contributed by atoms with Crippen LogP contribution in [0.4, 0.5) is 5.69 Å². The van der Waals surface area contributed by atoms with Gasteiger partial charge in [-0.3, -0.25) is 4.79 Å². The molecule has 0 unspecified atom stereocenters. The van der Waals surface area contributed by atoms with Crippen LogP contribution in [0.2, 0.25) is 0 Å². The summed E-state index contributed by atoms with van der Waals surface area (Å²) in [6.07, 6.45) is 4.38. The lowest BCUT2D eigenvalue weighted by Crippen LogP contribution is -2.48. The molecule has 4 rings (SSSR count). The van der Waals surface area contributed by atoms with Gasteiger partial charge in [-0.05, 0) is 76.6 Å². The third-order valence-electron chi connectivity index (χ3n) is 7.14. The van der Waals surface area contributed by atoms with Crippen LogP contribution in [0.25, 0.3) is 0 Å². The van der Waals surface area contributed by atoms with Crippen LogP contribution < -0.4 is 10.2 Å². The third-order valence-corrected chi connectivity index (χ3v) is 7.14. The highest BCUT2D eigenvalue weighted by atomic mass is 16.1. The average molecular weight is 435 g/mol. The molecule has 2 heterocycles. The SMILES string of the molecule is CN1CCC(N(CCN2CCC(C(=O)NCc3ccccc3)CC2)c2ccccc2)CC1. The van der Waals surface area contributed by atoms with Crippen molar-refractivity contribution in [1.82, 2.24) is 15.1 Å². The number of piperidine rings is 2. The van der Waals surface area contributed by atoms with Gasteiger partial charge >= 0.3 is 0 Å². The van der Waals surface area contributed by atoms with Crippen LogP contribution in [-0.4, -0.2) is 68.1 Å². The minimum atomic E-state index is 0.147. The minimum absolute atomic E-state index is 0.147. The number of nitrogens with one attached hydrogen (secondary N) is 1. The van der Waals surface area contributed by atoms with Crippen molar-refractivity contribution in [3.63, 3.8) is 0 Å². The van der Waals surface area contributed by atoms with Crippen LogP contribution in [0.3, 0.4) is 0 Å². The molecule has 2 saturated heterocycles. The number of anilines is 1. The van der Waals surface area contributed by atoms with Crippen LogP contribution >= 0.6 is 0 Å². The van der Waals surface area contributed by atoms with Crippen molar-refractivity contribution >= 4 is 11.6 Å². The van der Waals surface area contributed by atoms with Gasteiger partial charge in [0.05, 0.1) is 0 Å². The zero-order valence-corrected chi connectivity index (χ0v) is 19.5. The summed E-state index contributed by atoms with van der Waals surface area (Å²) >= 11 is 0. The molecule has 32 heavy (non-hydrogen) atoms. The number of nitrogens with zero attached hydrogens (tertiary/aromatic N) is 3. The molecule has 2 fully saturated rings. The first kappa shape index (κ1) is 22.8. The topological polar surface area (TPSA) is 38.8 Å². The highest BCUT2D eigenvalue weighted by Gasteiger charge is 2.27. The molecular formula is C27H38N4O. The monoisotopic (exact) mass is 434 g/mol. The van der Waals surface area contributed by atoms with Gasteiger partial charge in [0, 0.05) is 37.3 Å². The van der Waals surface area contributed by atoms with Gasteiger partial charge in [0.25, 0.3) is 0 Å². The van der Waals surface area contributed by atoms with E-state index >= 15 is 0 Å². The molecule has 0 bridgehead atoms. The molecule has 2 aliphatic heterocycles. The Labute approximate surface area is 193 Å². The number of carbonyl (C=O) groups excluding carboxylic acids is 1. The highest BCUT2D eigenvalue weighted by molar-refractivity contribution is 5.78. The fourth-order valence-corrected chi connectivity index (χ4v) is 5.05. The summed E-state index contributed by atoms with van der Waals surface area (Å²) < 4.78 is 0. The molecule has 172 valence electrons. The van der Waals surface area contributed by atoms with E-state index in [2.05, 4.69) is 69.5 Å². The molecule has 2 aromatic rings. The van der Waals surface area contributed by atoms with Gasteiger partial charge < -0.3 is 20.0 Å². The molecule has 1 amide bonds. The van der Waals surface area contributed by atoms with E-state index in [-0.39, 0.29) is 11.8 Å². The fourth-order valence-electron chi connectivity index (χ4n) is 5.05. The molecule has 0 saturated carbocycles. The largest absolute Gasteiger partial charge is 0.367 e. The molecule has 5 heteroatoms. The number of likely N-dealkylation sites (tertiary alicyclic amines) is 2. The molecule has 0 aliphatic carbocycles. The molecular weight excluding hydrogens is 396 g/mol. The van der Waals surface area contributed by atoms with E-state index in [1.54, 1.807) is 0 Å². The summed E-state index contributed by atoms with van der Waals surface area (Å²) in [4.78, 5) is 20.2. The number of hydrogen-bond donors (Lipinski definition) is 1. The maximum absolute atomic E-state index is 12.6. The molecule has 2 aliphatic rings. The van der Waals surface area contributed by atoms with E-state index in [1.165, 1.54) is 31.6 Å². The van der Waals surface area contributed by atoms with Crippen molar-refractivity contribution in [2.45, 2.75) is 38.3 Å². The lowest BCUT2D eigenvalue weighted by atomic mass is 9.95. The van der Waals surface area contributed by atoms with Crippen molar-refractivity contribution in [2.75, 3.05) is 51.2 Å². The smallest absolute Gasteiger partial charge is 0.223 e. The lowest BCUT2D eigenvalue weighted by Gasteiger charge is -2.40. The summed E-state index contributed by atoms with van der Waals surface area (Å²) in [7, 11) is 2.23. The van der Waals surface area contributed by atoms with E-state index in [0.717, 1.165) is 44.6 Å². The Morgan fingerprint density at radius 2 is 1.53 bits per heavy atom. The number of carbonyl (C=O) groups is 1. The van der Waals surface area contributed by atoms with Gasteiger partial charge in [-0.15, -0.1) is 0 Å². The first-order valence-electron chi connectivity index (χ1n) is 12.2. The average Bonchev–Trinajstić information content (AvgIpc) is 2.85. The van der Waals surface area contributed by atoms with E-state index < -0.39 is 0 Å². The standard InChI is InChI=1S/C27H38N4O/c1-29-16-14-26(15-17-29)31(25-10-6-3-7-11-25)21-20-30-18-12-24(13-19-30)27(32)28-22-23-8-4-2-5-9-23/h2-11,24,26H,12-22H2,1H3,(H,28,32). The van der Waals surface area contributed by atoms with Gasteiger partial charge in [-0.1, -0.05) is 48.5 Å². The first-order chi connectivity index (χ1) is 15.7. The van der Waals surface area contributed by atoms with Gasteiger partial charge in [0.15, 0.2) is 0 Å². The number of rotatable bonds is 8. The van der Waals surface area contributed by atoms with Crippen LogP contribution in [0, 0.1) is 5.92 Å². The van der Waals surface area contributed by atoms with Crippen molar-refractivity contribution in [3.8, 4) is 0 Å². The Kier molecular flexibility index (Phi) is 8.18.